The van der Waals surface area contributed by atoms with Crippen molar-refractivity contribution in [2.75, 3.05) is 33.0 Å². The first-order valence-electron chi connectivity index (χ1n) is 5.15. The van der Waals surface area contributed by atoms with Crippen LogP contribution in [0.1, 0.15) is 32.6 Å². The monoisotopic (exact) mass is 189 g/mol. The quantitative estimate of drug-likeness (QED) is 0.493. The van der Waals surface area contributed by atoms with E-state index >= 15 is 0 Å². The van der Waals surface area contributed by atoms with Gasteiger partial charge in [-0.2, -0.15) is 0 Å². The molecule has 0 aliphatic heterocycles. The van der Waals surface area contributed by atoms with Crippen molar-refractivity contribution in [3.63, 3.8) is 0 Å². The Kier molecular flexibility index (Phi) is 11.8. The molecule has 3 nitrogen and oxygen atoms in total. The summed E-state index contributed by atoms with van der Waals surface area (Å²) in [5.41, 5.74) is 0. The fraction of sp³-hybridized carbons (Fsp3) is 1.00. The SMILES string of the molecule is CCCCOCCOCCCC[O]. The van der Waals surface area contributed by atoms with Crippen molar-refractivity contribution in [1.82, 2.24) is 0 Å². The normalized spacial score (nSPS) is 10.6. The van der Waals surface area contributed by atoms with Crippen molar-refractivity contribution in [2.24, 2.45) is 0 Å². The Bertz CT molecular complexity index is 76.2. The van der Waals surface area contributed by atoms with Crippen LogP contribution in [0, 0.1) is 0 Å². The van der Waals surface area contributed by atoms with Gasteiger partial charge in [-0.1, -0.05) is 13.3 Å². The second kappa shape index (κ2) is 11.9. The number of unbranched alkanes of at least 4 members (excludes halogenated alkanes) is 2. The Morgan fingerprint density at radius 3 is 2.00 bits per heavy atom. The molecule has 79 valence electrons. The molecule has 0 saturated heterocycles. The van der Waals surface area contributed by atoms with Crippen molar-refractivity contribution < 1.29 is 14.6 Å². The minimum absolute atomic E-state index is 0.0103. The highest BCUT2D eigenvalue weighted by Gasteiger charge is 1.90. The molecule has 0 spiro atoms. The van der Waals surface area contributed by atoms with Gasteiger partial charge in [-0.25, -0.2) is 5.11 Å². The zero-order valence-electron chi connectivity index (χ0n) is 8.59. The summed E-state index contributed by atoms with van der Waals surface area (Å²) in [5, 5.41) is 10.1. The van der Waals surface area contributed by atoms with Gasteiger partial charge < -0.3 is 9.47 Å². The van der Waals surface area contributed by atoms with E-state index in [-0.39, 0.29) is 6.61 Å². The van der Waals surface area contributed by atoms with Gasteiger partial charge in [0.15, 0.2) is 0 Å². The van der Waals surface area contributed by atoms with Crippen LogP contribution >= 0.6 is 0 Å². The largest absolute Gasteiger partial charge is 0.379 e. The van der Waals surface area contributed by atoms with Crippen LogP contribution in [-0.2, 0) is 14.6 Å². The van der Waals surface area contributed by atoms with Crippen LogP contribution in [-0.4, -0.2) is 33.0 Å². The third-order valence-electron chi connectivity index (χ3n) is 1.70. The summed E-state index contributed by atoms with van der Waals surface area (Å²) >= 11 is 0. The van der Waals surface area contributed by atoms with Gasteiger partial charge in [0.25, 0.3) is 0 Å². The lowest BCUT2D eigenvalue weighted by Gasteiger charge is -2.04. The lowest BCUT2D eigenvalue weighted by molar-refractivity contribution is 0.0432. The Morgan fingerprint density at radius 2 is 1.46 bits per heavy atom. The molecule has 0 rings (SSSR count). The van der Waals surface area contributed by atoms with Gasteiger partial charge in [0.1, 0.15) is 0 Å². The molecule has 0 fully saturated rings. The summed E-state index contributed by atoms with van der Waals surface area (Å²) in [6, 6.07) is 0. The highest BCUT2D eigenvalue weighted by molar-refractivity contribution is 4.37. The van der Waals surface area contributed by atoms with Crippen LogP contribution in [0.25, 0.3) is 0 Å². The maximum atomic E-state index is 10.1. The maximum Gasteiger partial charge on any atom is 0.0823 e. The third kappa shape index (κ3) is 11.9. The van der Waals surface area contributed by atoms with Crippen LogP contribution in [0.15, 0.2) is 0 Å². The van der Waals surface area contributed by atoms with Crippen molar-refractivity contribution in [2.45, 2.75) is 32.6 Å². The van der Waals surface area contributed by atoms with E-state index in [1.54, 1.807) is 0 Å². The van der Waals surface area contributed by atoms with Crippen LogP contribution in [0.2, 0.25) is 0 Å². The topological polar surface area (TPSA) is 38.4 Å². The summed E-state index contributed by atoms with van der Waals surface area (Å²) in [5.74, 6) is 0. The molecule has 0 aromatic rings. The van der Waals surface area contributed by atoms with Gasteiger partial charge >= 0.3 is 0 Å². The van der Waals surface area contributed by atoms with E-state index in [1.807, 2.05) is 0 Å². The Hall–Kier alpha value is -0.120. The summed E-state index contributed by atoms with van der Waals surface area (Å²) in [6.07, 6.45) is 3.88. The van der Waals surface area contributed by atoms with E-state index in [1.165, 1.54) is 6.42 Å². The second-order valence-electron chi connectivity index (χ2n) is 2.99. The van der Waals surface area contributed by atoms with Crippen molar-refractivity contribution >= 4 is 0 Å². The lowest BCUT2D eigenvalue weighted by atomic mass is 10.3. The van der Waals surface area contributed by atoms with E-state index in [2.05, 4.69) is 6.92 Å². The molecule has 0 aromatic heterocycles. The molecule has 0 aliphatic rings. The van der Waals surface area contributed by atoms with Crippen molar-refractivity contribution in [3.05, 3.63) is 0 Å². The first kappa shape index (κ1) is 12.9. The molecule has 0 bridgehead atoms. The van der Waals surface area contributed by atoms with Gasteiger partial charge in [-0.05, 0) is 19.3 Å². The molecular weight excluding hydrogens is 168 g/mol. The van der Waals surface area contributed by atoms with E-state index in [0.29, 0.717) is 19.8 Å². The minimum Gasteiger partial charge on any atom is -0.379 e. The summed E-state index contributed by atoms with van der Waals surface area (Å²) in [4.78, 5) is 0. The number of ether oxygens (including phenoxy) is 2. The van der Waals surface area contributed by atoms with E-state index in [9.17, 15) is 5.11 Å². The predicted molar refractivity (Wildman–Crippen MR) is 51.3 cm³/mol. The average molecular weight is 189 g/mol. The Morgan fingerprint density at radius 1 is 0.846 bits per heavy atom. The molecule has 3 heteroatoms. The summed E-state index contributed by atoms with van der Waals surface area (Å²) < 4.78 is 10.5. The lowest BCUT2D eigenvalue weighted by Crippen LogP contribution is -2.06. The molecule has 0 aromatic carbocycles. The van der Waals surface area contributed by atoms with Gasteiger partial charge in [-0.15, -0.1) is 0 Å². The first-order valence-corrected chi connectivity index (χ1v) is 5.15. The highest BCUT2D eigenvalue weighted by atomic mass is 16.5. The number of rotatable bonds is 10. The molecule has 0 heterocycles. The molecule has 1 radical (unpaired) electrons. The number of hydrogen-bond donors (Lipinski definition) is 0. The van der Waals surface area contributed by atoms with Crippen LogP contribution in [0.5, 0.6) is 0 Å². The summed E-state index contributed by atoms with van der Waals surface area (Å²) in [6.45, 7) is 5.01. The fourth-order valence-electron chi connectivity index (χ4n) is 0.875. The molecule has 0 N–H and O–H groups in total. The predicted octanol–water partition coefficient (Wildman–Crippen LogP) is 2.03. The molecular formula is C10H21O3. The zero-order valence-corrected chi connectivity index (χ0v) is 8.59. The second-order valence-corrected chi connectivity index (χ2v) is 2.99. The molecule has 0 amide bonds. The smallest absolute Gasteiger partial charge is 0.0823 e. The molecule has 0 aliphatic carbocycles. The minimum atomic E-state index is 0.0103. The van der Waals surface area contributed by atoms with E-state index in [0.717, 1.165) is 25.9 Å². The average Bonchev–Trinajstić information content (AvgIpc) is 2.16. The maximum absolute atomic E-state index is 10.1. The molecule has 13 heavy (non-hydrogen) atoms. The van der Waals surface area contributed by atoms with Crippen molar-refractivity contribution in [1.29, 1.82) is 0 Å². The molecule has 0 saturated carbocycles. The van der Waals surface area contributed by atoms with Gasteiger partial charge in [0.05, 0.1) is 19.8 Å². The number of hydrogen-bond acceptors (Lipinski definition) is 2. The van der Waals surface area contributed by atoms with Gasteiger partial charge in [0.2, 0.25) is 0 Å². The van der Waals surface area contributed by atoms with Crippen LogP contribution in [0.4, 0.5) is 0 Å². The van der Waals surface area contributed by atoms with E-state index in [4.69, 9.17) is 9.47 Å². The van der Waals surface area contributed by atoms with Crippen molar-refractivity contribution in [3.8, 4) is 0 Å². The Balaban J connectivity index is 2.76. The third-order valence-corrected chi connectivity index (χ3v) is 1.70. The molecule has 0 atom stereocenters. The van der Waals surface area contributed by atoms with Gasteiger partial charge in [0, 0.05) is 13.2 Å². The summed E-state index contributed by atoms with van der Waals surface area (Å²) in [7, 11) is 0. The van der Waals surface area contributed by atoms with E-state index < -0.39 is 0 Å². The Labute approximate surface area is 81.0 Å². The van der Waals surface area contributed by atoms with Crippen LogP contribution < -0.4 is 0 Å². The van der Waals surface area contributed by atoms with Gasteiger partial charge in [-0.3, -0.25) is 0 Å². The van der Waals surface area contributed by atoms with Crippen LogP contribution in [0.3, 0.4) is 0 Å². The molecule has 0 unspecified atom stereocenters. The first-order chi connectivity index (χ1) is 6.41. The highest BCUT2D eigenvalue weighted by Crippen LogP contribution is 1.90. The zero-order chi connectivity index (χ0) is 9.78. The fourth-order valence-corrected chi connectivity index (χ4v) is 0.875. The standard InChI is InChI=1S/C10H21O3/c1-2-3-7-12-9-10-13-8-5-4-6-11/h2-10H2,1H3.